The van der Waals surface area contributed by atoms with E-state index in [2.05, 4.69) is 20.6 Å². The van der Waals surface area contributed by atoms with Crippen LogP contribution in [0.4, 0.5) is 4.39 Å². The van der Waals surface area contributed by atoms with Crippen molar-refractivity contribution in [2.75, 3.05) is 13.1 Å². The lowest BCUT2D eigenvalue weighted by Gasteiger charge is -2.14. The number of aliphatic hydroxyl groups is 1. The van der Waals surface area contributed by atoms with Crippen molar-refractivity contribution in [3.05, 3.63) is 83.5 Å². The Morgan fingerprint density at radius 3 is 2.84 bits per heavy atom. The number of fused-ring (bicyclic) bond motifs is 1. The van der Waals surface area contributed by atoms with Crippen LogP contribution in [-0.4, -0.2) is 33.7 Å². The zero-order valence-electron chi connectivity index (χ0n) is 17.1. The molecule has 1 unspecified atom stereocenters. The fourth-order valence-corrected chi connectivity index (χ4v) is 4.28. The highest BCUT2D eigenvalue weighted by Gasteiger charge is 2.12. The van der Waals surface area contributed by atoms with Crippen molar-refractivity contribution in [1.29, 1.82) is 0 Å². The molecule has 0 radical (unpaired) electrons. The highest BCUT2D eigenvalue weighted by Crippen LogP contribution is 2.29. The first-order valence-corrected chi connectivity index (χ1v) is 10.9. The molecule has 3 N–H and O–H groups in total. The Kier molecular flexibility index (Phi) is 6.59. The highest BCUT2D eigenvalue weighted by atomic mass is 32.1. The first kappa shape index (κ1) is 21.0. The molecule has 4 rings (SSSR count). The van der Waals surface area contributed by atoms with E-state index in [1.54, 1.807) is 40.7 Å². The molecule has 0 aliphatic heterocycles. The van der Waals surface area contributed by atoms with Gasteiger partial charge in [0.1, 0.15) is 11.9 Å². The van der Waals surface area contributed by atoms with Crippen molar-refractivity contribution >= 4 is 27.4 Å². The predicted octanol–water partition coefficient (Wildman–Crippen LogP) is 4.01. The summed E-state index contributed by atoms with van der Waals surface area (Å²) in [6.07, 6.45) is 4.23. The fourth-order valence-electron chi connectivity index (χ4n) is 3.23. The Morgan fingerprint density at radius 2 is 2.10 bits per heavy atom. The summed E-state index contributed by atoms with van der Waals surface area (Å²) in [5, 5.41) is 18.0. The fraction of sp³-hybridized carbons (Fsp3) is 0.217. The van der Waals surface area contributed by atoms with Crippen LogP contribution in [0, 0.1) is 5.82 Å². The van der Waals surface area contributed by atoms with E-state index < -0.39 is 6.10 Å². The number of aliphatic hydroxyl groups excluding tert-OH is 1. The minimum atomic E-state index is -0.645. The first-order valence-electron chi connectivity index (χ1n) is 10.1. The quantitative estimate of drug-likeness (QED) is 0.302. The molecule has 0 fully saturated rings. The lowest BCUT2D eigenvalue weighted by atomic mass is 10.2. The number of nitrogens with zero attached hydrogens (tertiary/aromatic N) is 3. The van der Waals surface area contributed by atoms with Gasteiger partial charge in [0.2, 0.25) is 0 Å². The molecule has 160 valence electrons. The van der Waals surface area contributed by atoms with Crippen molar-refractivity contribution < 1.29 is 9.50 Å². The topological polar surface area (TPSA) is 74.5 Å². The number of rotatable bonds is 7. The van der Waals surface area contributed by atoms with Crippen LogP contribution in [0.15, 0.2) is 72.2 Å². The lowest BCUT2D eigenvalue weighted by molar-refractivity contribution is 0.184. The van der Waals surface area contributed by atoms with Gasteiger partial charge < -0.3 is 20.3 Å². The molecule has 0 spiro atoms. The standard InChI is InChI=1S/C23H24FN5OS/c1-2-26-23(28-14-20(30)22-12-17-5-3-4-6-21(17)31-22)27-13-16-7-8-19(18(24)11-16)29-10-9-25-15-29/h3-12,15,20,30H,2,13-14H2,1H3,(H2,26,27,28). The van der Waals surface area contributed by atoms with Gasteiger partial charge in [0.15, 0.2) is 5.96 Å². The number of aliphatic imine (C=N–C) groups is 1. The average Bonchev–Trinajstić information content (AvgIpc) is 3.45. The summed E-state index contributed by atoms with van der Waals surface area (Å²) in [5.41, 5.74) is 1.20. The Labute approximate surface area is 184 Å². The molecule has 0 aliphatic rings. The molecule has 31 heavy (non-hydrogen) atoms. The summed E-state index contributed by atoms with van der Waals surface area (Å²) in [7, 11) is 0. The van der Waals surface area contributed by atoms with Crippen LogP contribution >= 0.6 is 11.3 Å². The molecule has 2 aromatic heterocycles. The van der Waals surface area contributed by atoms with E-state index in [1.807, 2.05) is 43.3 Å². The van der Waals surface area contributed by atoms with Gasteiger partial charge in [-0.05, 0) is 42.1 Å². The second-order valence-electron chi connectivity index (χ2n) is 7.03. The zero-order valence-corrected chi connectivity index (χ0v) is 17.9. The van der Waals surface area contributed by atoms with Crippen LogP contribution in [0.2, 0.25) is 0 Å². The molecule has 0 bridgehead atoms. The third kappa shape index (κ3) is 5.10. The maximum Gasteiger partial charge on any atom is 0.191 e. The molecule has 4 aromatic rings. The van der Waals surface area contributed by atoms with Gasteiger partial charge in [0.05, 0.1) is 18.6 Å². The maximum atomic E-state index is 14.5. The first-order chi connectivity index (χ1) is 15.1. The zero-order chi connectivity index (χ0) is 21.6. The number of thiophene rings is 1. The van der Waals surface area contributed by atoms with Gasteiger partial charge in [0.25, 0.3) is 0 Å². The summed E-state index contributed by atoms with van der Waals surface area (Å²) in [5.74, 6) is 0.241. The third-order valence-corrected chi connectivity index (χ3v) is 6.01. The van der Waals surface area contributed by atoms with Gasteiger partial charge in [0, 0.05) is 35.1 Å². The number of imidazole rings is 1. The second kappa shape index (κ2) is 9.72. The van der Waals surface area contributed by atoms with Crippen LogP contribution in [0.1, 0.15) is 23.5 Å². The maximum absolute atomic E-state index is 14.5. The number of benzene rings is 2. The Balaban J connectivity index is 1.40. The van der Waals surface area contributed by atoms with E-state index in [0.29, 0.717) is 31.3 Å². The van der Waals surface area contributed by atoms with Crippen molar-refractivity contribution in [2.45, 2.75) is 19.6 Å². The summed E-state index contributed by atoms with van der Waals surface area (Å²) in [6, 6.07) is 15.1. The molecule has 8 heteroatoms. The van der Waals surface area contributed by atoms with Crippen LogP contribution in [-0.2, 0) is 6.54 Å². The van der Waals surface area contributed by atoms with Gasteiger partial charge in [-0.1, -0.05) is 24.3 Å². The monoisotopic (exact) mass is 437 g/mol. The SMILES string of the molecule is CCNC(=NCc1ccc(-n2ccnc2)c(F)c1)NCC(O)c1cc2ccccc2s1. The van der Waals surface area contributed by atoms with Gasteiger partial charge in [-0.2, -0.15) is 0 Å². The molecule has 0 amide bonds. The van der Waals surface area contributed by atoms with Gasteiger partial charge >= 0.3 is 0 Å². The predicted molar refractivity (Wildman–Crippen MR) is 123 cm³/mol. The normalized spacial score (nSPS) is 12.8. The Bertz CT molecular complexity index is 1140. The Morgan fingerprint density at radius 1 is 1.23 bits per heavy atom. The molecule has 0 saturated carbocycles. The Hall–Kier alpha value is -3.23. The van der Waals surface area contributed by atoms with Gasteiger partial charge in [-0.25, -0.2) is 14.4 Å². The molecule has 2 aromatic carbocycles. The summed E-state index contributed by atoms with van der Waals surface area (Å²) >= 11 is 1.58. The largest absolute Gasteiger partial charge is 0.386 e. The summed E-state index contributed by atoms with van der Waals surface area (Å²) in [4.78, 5) is 9.38. The van der Waals surface area contributed by atoms with E-state index in [4.69, 9.17) is 0 Å². The van der Waals surface area contributed by atoms with E-state index in [1.165, 1.54) is 6.07 Å². The highest BCUT2D eigenvalue weighted by molar-refractivity contribution is 7.19. The number of nitrogens with one attached hydrogen (secondary N) is 2. The summed E-state index contributed by atoms with van der Waals surface area (Å²) < 4.78 is 17.2. The second-order valence-corrected chi connectivity index (χ2v) is 8.15. The number of halogens is 1. The van der Waals surface area contributed by atoms with Gasteiger partial charge in [-0.15, -0.1) is 11.3 Å². The molecular weight excluding hydrogens is 413 g/mol. The molecule has 1 atom stereocenters. The average molecular weight is 438 g/mol. The molecule has 0 saturated heterocycles. The van der Waals surface area contributed by atoms with Crippen molar-refractivity contribution in [1.82, 2.24) is 20.2 Å². The van der Waals surface area contributed by atoms with Crippen molar-refractivity contribution in [3.8, 4) is 5.69 Å². The van der Waals surface area contributed by atoms with Crippen LogP contribution in [0.25, 0.3) is 15.8 Å². The number of hydrogen-bond donors (Lipinski definition) is 3. The van der Waals surface area contributed by atoms with Gasteiger partial charge in [-0.3, -0.25) is 0 Å². The van der Waals surface area contributed by atoms with E-state index >= 15 is 0 Å². The van der Waals surface area contributed by atoms with Crippen LogP contribution < -0.4 is 10.6 Å². The number of hydrogen-bond acceptors (Lipinski definition) is 4. The van der Waals surface area contributed by atoms with E-state index in [-0.39, 0.29) is 5.82 Å². The molecule has 0 aliphatic carbocycles. The summed E-state index contributed by atoms with van der Waals surface area (Å²) in [6.45, 7) is 3.29. The minimum Gasteiger partial charge on any atom is -0.386 e. The molecular formula is C23H24FN5OS. The van der Waals surface area contributed by atoms with Crippen molar-refractivity contribution in [3.63, 3.8) is 0 Å². The van der Waals surface area contributed by atoms with Crippen LogP contribution in [0.5, 0.6) is 0 Å². The van der Waals surface area contributed by atoms with E-state index in [9.17, 15) is 9.50 Å². The minimum absolute atomic E-state index is 0.315. The molecule has 2 heterocycles. The number of guanidine groups is 1. The van der Waals surface area contributed by atoms with E-state index in [0.717, 1.165) is 20.5 Å². The number of aromatic nitrogens is 2. The molecule has 6 nitrogen and oxygen atoms in total. The third-order valence-electron chi connectivity index (χ3n) is 4.79. The smallest absolute Gasteiger partial charge is 0.191 e. The van der Waals surface area contributed by atoms with Crippen molar-refractivity contribution in [2.24, 2.45) is 4.99 Å². The lowest BCUT2D eigenvalue weighted by Crippen LogP contribution is -2.39. The van der Waals surface area contributed by atoms with Crippen LogP contribution in [0.3, 0.4) is 0 Å².